The molecule has 0 rings (SSSR count). The molecule has 0 heterocycles. The van der Waals surface area contributed by atoms with Crippen LogP contribution in [0.25, 0.3) is 0 Å². The highest BCUT2D eigenvalue weighted by Gasteiger charge is 2.18. The first kappa shape index (κ1) is 69.3. The Morgan fingerprint density at radius 2 is 0.662 bits per heavy atom. The van der Waals surface area contributed by atoms with Gasteiger partial charge in [0, 0.05) is 12.8 Å². The fraction of sp³-hybridized carbons (Fsp3) is 0.908. The average Bonchev–Trinajstić information content (AvgIpc) is 3.37. The van der Waals surface area contributed by atoms with Crippen LogP contribution in [0.2, 0.25) is 0 Å². The van der Waals surface area contributed by atoms with E-state index in [0.29, 0.717) is 19.4 Å². The predicted octanol–water partition coefficient (Wildman–Crippen LogP) is 20.2. The third-order valence-corrected chi connectivity index (χ3v) is 15.0. The van der Waals surface area contributed by atoms with E-state index in [0.717, 1.165) is 38.5 Å². The van der Waals surface area contributed by atoms with Crippen molar-refractivity contribution in [2.75, 3.05) is 13.2 Å². The zero-order valence-corrected chi connectivity index (χ0v) is 48.0. The molecule has 71 heavy (non-hydrogen) atoms. The highest BCUT2D eigenvalue weighted by molar-refractivity contribution is 5.76. The SMILES string of the molecule is CCCCCCCCCCCC/C=C/C(O)C(CO)NC(=O)CCCCCCCCCCCC/C=C\CCCCCCCCCCCCCCOC(=O)CCCCCCCCCCCCCCCCCC. The van der Waals surface area contributed by atoms with Crippen molar-refractivity contribution in [3.63, 3.8) is 0 Å². The molecule has 0 aromatic carbocycles. The van der Waals surface area contributed by atoms with Crippen LogP contribution in [0, 0.1) is 0 Å². The second kappa shape index (κ2) is 60.9. The molecule has 2 unspecified atom stereocenters. The van der Waals surface area contributed by atoms with Crippen LogP contribution < -0.4 is 5.32 Å². The first-order valence-electron chi connectivity index (χ1n) is 32.1. The summed E-state index contributed by atoms with van der Waals surface area (Å²) in [7, 11) is 0. The number of esters is 1. The smallest absolute Gasteiger partial charge is 0.305 e. The summed E-state index contributed by atoms with van der Waals surface area (Å²) in [4.78, 5) is 24.5. The summed E-state index contributed by atoms with van der Waals surface area (Å²) in [6.45, 7) is 4.92. The monoisotopic (exact) mass is 1000 g/mol. The fourth-order valence-corrected chi connectivity index (χ4v) is 10.0. The third kappa shape index (κ3) is 57.5. The molecule has 2 atom stereocenters. The number of amides is 1. The maximum absolute atomic E-state index is 12.4. The summed E-state index contributed by atoms with van der Waals surface area (Å²) in [5, 5.41) is 23.1. The quantitative estimate of drug-likeness (QED) is 0.0320. The second-order valence-corrected chi connectivity index (χ2v) is 22.1. The van der Waals surface area contributed by atoms with Crippen LogP contribution in [0.15, 0.2) is 24.3 Å². The molecule has 6 heteroatoms. The highest BCUT2D eigenvalue weighted by atomic mass is 16.5. The molecule has 1 amide bonds. The Bertz CT molecular complexity index is 1110. The standard InChI is InChI=1S/C65H125NO5/c1-3-5-7-9-11-13-15-17-18-32-35-39-43-47-51-55-59-65(70)71-60-56-52-48-44-40-36-33-30-28-26-24-22-20-19-21-23-25-27-29-31-34-38-42-46-50-54-58-64(69)66-62(61-67)63(68)57-53-49-45-41-37-16-14-12-10-8-6-4-2/h19,21,53,57,62-63,67-68H,3-18,20,22-52,54-56,58-61H2,1-2H3,(H,66,69)/b21-19-,57-53+. The Kier molecular flexibility index (Phi) is 59.5. The number of rotatable bonds is 60. The molecule has 0 spiro atoms. The van der Waals surface area contributed by atoms with E-state index < -0.39 is 12.1 Å². The second-order valence-electron chi connectivity index (χ2n) is 22.1. The van der Waals surface area contributed by atoms with Crippen LogP contribution in [-0.4, -0.2) is 47.4 Å². The van der Waals surface area contributed by atoms with Gasteiger partial charge in [-0.2, -0.15) is 0 Å². The van der Waals surface area contributed by atoms with Crippen molar-refractivity contribution < 1.29 is 24.5 Å². The topological polar surface area (TPSA) is 95.9 Å². The molecular weight excluding hydrogens is 875 g/mol. The Morgan fingerprint density at radius 1 is 0.380 bits per heavy atom. The van der Waals surface area contributed by atoms with Crippen LogP contribution in [-0.2, 0) is 14.3 Å². The number of nitrogens with one attached hydrogen (secondary N) is 1. The van der Waals surface area contributed by atoms with E-state index in [4.69, 9.17) is 4.74 Å². The number of carbonyl (C=O) groups is 2. The molecular formula is C65H125NO5. The molecule has 0 radical (unpaired) electrons. The molecule has 3 N–H and O–H groups in total. The van der Waals surface area contributed by atoms with E-state index in [1.165, 1.54) is 289 Å². The molecule has 0 fully saturated rings. The van der Waals surface area contributed by atoms with Gasteiger partial charge in [0.25, 0.3) is 0 Å². The molecule has 0 aliphatic heterocycles. The van der Waals surface area contributed by atoms with Crippen LogP contribution in [0.5, 0.6) is 0 Å². The van der Waals surface area contributed by atoms with Gasteiger partial charge in [-0.05, 0) is 57.8 Å². The lowest BCUT2D eigenvalue weighted by Crippen LogP contribution is -2.45. The van der Waals surface area contributed by atoms with Crippen molar-refractivity contribution >= 4 is 11.9 Å². The minimum Gasteiger partial charge on any atom is -0.466 e. The molecule has 420 valence electrons. The molecule has 0 aliphatic rings. The number of hydrogen-bond acceptors (Lipinski definition) is 5. The third-order valence-electron chi connectivity index (χ3n) is 15.0. The van der Waals surface area contributed by atoms with Gasteiger partial charge in [-0.1, -0.05) is 308 Å². The first-order valence-corrected chi connectivity index (χ1v) is 32.1. The lowest BCUT2D eigenvalue weighted by atomic mass is 10.0. The molecule has 6 nitrogen and oxygen atoms in total. The molecule has 0 aromatic rings. The molecule has 0 bridgehead atoms. The summed E-state index contributed by atoms with van der Waals surface area (Å²) in [5.74, 6) is -0.0517. The molecule has 0 saturated heterocycles. The van der Waals surface area contributed by atoms with Gasteiger partial charge in [0.2, 0.25) is 5.91 Å². The van der Waals surface area contributed by atoms with E-state index in [1.54, 1.807) is 6.08 Å². The zero-order chi connectivity index (χ0) is 51.4. The zero-order valence-electron chi connectivity index (χ0n) is 48.0. The average molecular weight is 1000 g/mol. The van der Waals surface area contributed by atoms with Crippen LogP contribution in [0.4, 0.5) is 0 Å². The Labute approximate surface area is 443 Å². The molecule has 0 saturated carbocycles. The van der Waals surface area contributed by atoms with E-state index >= 15 is 0 Å². The van der Waals surface area contributed by atoms with E-state index in [2.05, 4.69) is 31.3 Å². The number of aliphatic hydroxyl groups is 2. The summed E-state index contributed by atoms with van der Waals surface area (Å²) < 4.78 is 5.50. The van der Waals surface area contributed by atoms with E-state index in [9.17, 15) is 19.8 Å². The minimum absolute atomic E-state index is 0.0177. The van der Waals surface area contributed by atoms with Crippen molar-refractivity contribution in [2.45, 2.75) is 366 Å². The maximum Gasteiger partial charge on any atom is 0.305 e. The van der Waals surface area contributed by atoms with Crippen molar-refractivity contribution in [3.05, 3.63) is 24.3 Å². The number of aliphatic hydroxyl groups excluding tert-OH is 2. The fourth-order valence-electron chi connectivity index (χ4n) is 10.0. The van der Waals surface area contributed by atoms with Crippen LogP contribution in [0.1, 0.15) is 354 Å². The Morgan fingerprint density at radius 3 is 1.00 bits per heavy atom. The normalized spacial score (nSPS) is 12.7. The summed E-state index contributed by atoms with van der Waals surface area (Å²) >= 11 is 0. The van der Waals surface area contributed by atoms with Crippen molar-refractivity contribution in [3.8, 4) is 0 Å². The van der Waals surface area contributed by atoms with Gasteiger partial charge in [0.15, 0.2) is 0 Å². The van der Waals surface area contributed by atoms with E-state index in [1.807, 2.05) is 6.08 Å². The summed E-state index contributed by atoms with van der Waals surface area (Å²) in [5.41, 5.74) is 0. The predicted molar refractivity (Wildman–Crippen MR) is 310 cm³/mol. The van der Waals surface area contributed by atoms with Gasteiger partial charge in [0.1, 0.15) is 0 Å². The maximum atomic E-state index is 12.4. The lowest BCUT2D eigenvalue weighted by molar-refractivity contribution is -0.143. The molecule has 0 aromatic heterocycles. The van der Waals surface area contributed by atoms with Gasteiger partial charge in [-0.15, -0.1) is 0 Å². The Balaban J connectivity index is 3.37. The van der Waals surface area contributed by atoms with E-state index in [-0.39, 0.29) is 18.5 Å². The van der Waals surface area contributed by atoms with Crippen molar-refractivity contribution in [2.24, 2.45) is 0 Å². The van der Waals surface area contributed by atoms with Crippen LogP contribution >= 0.6 is 0 Å². The Hall–Kier alpha value is -1.66. The number of hydrogen-bond donors (Lipinski definition) is 3. The number of carbonyl (C=O) groups excluding carboxylic acids is 2. The number of unbranched alkanes of at least 4 members (excludes halogenated alkanes) is 47. The van der Waals surface area contributed by atoms with Gasteiger partial charge >= 0.3 is 5.97 Å². The van der Waals surface area contributed by atoms with Crippen LogP contribution in [0.3, 0.4) is 0 Å². The molecule has 0 aliphatic carbocycles. The van der Waals surface area contributed by atoms with Gasteiger partial charge in [0.05, 0.1) is 25.4 Å². The minimum atomic E-state index is -0.844. The summed E-state index contributed by atoms with van der Waals surface area (Å²) in [6.07, 6.45) is 75.2. The van der Waals surface area contributed by atoms with Gasteiger partial charge in [-0.3, -0.25) is 9.59 Å². The number of ether oxygens (including phenoxy) is 1. The van der Waals surface area contributed by atoms with Gasteiger partial charge in [-0.25, -0.2) is 0 Å². The van der Waals surface area contributed by atoms with Gasteiger partial charge < -0.3 is 20.3 Å². The largest absolute Gasteiger partial charge is 0.466 e. The first-order chi connectivity index (χ1) is 35.0. The summed E-state index contributed by atoms with van der Waals surface area (Å²) in [6, 6.07) is -0.628. The van der Waals surface area contributed by atoms with Crippen molar-refractivity contribution in [1.82, 2.24) is 5.32 Å². The van der Waals surface area contributed by atoms with Crippen molar-refractivity contribution in [1.29, 1.82) is 0 Å². The highest BCUT2D eigenvalue weighted by Crippen LogP contribution is 2.18. The number of allylic oxidation sites excluding steroid dienone is 3. The lowest BCUT2D eigenvalue weighted by Gasteiger charge is -2.20.